The molecule has 1 aliphatic rings. The van der Waals surface area contributed by atoms with E-state index in [-0.39, 0.29) is 17.7 Å². The molecule has 3 rings (SSSR count). The first kappa shape index (κ1) is 25.1. The highest BCUT2D eigenvalue weighted by Crippen LogP contribution is 2.31. The number of nitrogens with zero attached hydrogens (tertiary/aromatic N) is 1. The van der Waals surface area contributed by atoms with Crippen LogP contribution < -0.4 is 14.8 Å². The second-order valence-electron chi connectivity index (χ2n) is 8.18. The molecule has 1 fully saturated rings. The van der Waals surface area contributed by atoms with Crippen LogP contribution in [0, 0.1) is 0 Å². The van der Waals surface area contributed by atoms with E-state index in [1.807, 2.05) is 39.0 Å². The zero-order valence-electron chi connectivity index (χ0n) is 19.7. The van der Waals surface area contributed by atoms with Crippen LogP contribution in [0.25, 0.3) is 0 Å². The zero-order valence-corrected chi connectivity index (χ0v) is 20.5. The Morgan fingerprint density at radius 2 is 1.61 bits per heavy atom. The van der Waals surface area contributed by atoms with Crippen molar-refractivity contribution in [1.82, 2.24) is 9.62 Å². The van der Waals surface area contributed by atoms with Gasteiger partial charge in [-0.05, 0) is 69.0 Å². The predicted octanol–water partition coefficient (Wildman–Crippen LogP) is 4.29. The smallest absolute Gasteiger partial charge is 0.251 e. The lowest BCUT2D eigenvalue weighted by Crippen LogP contribution is -2.36. The van der Waals surface area contributed by atoms with E-state index >= 15 is 0 Å². The van der Waals surface area contributed by atoms with Gasteiger partial charge in [-0.3, -0.25) is 4.79 Å². The summed E-state index contributed by atoms with van der Waals surface area (Å²) in [6, 6.07) is 12.2. The van der Waals surface area contributed by atoms with Crippen molar-refractivity contribution in [2.45, 2.75) is 51.8 Å². The zero-order chi connectivity index (χ0) is 23.8. The summed E-state index contributed by atoms with van der Waals surface area (Å²) >= 11 is 0. The average Bonchev–Trinajstić information content (AvgIpc) is 2.81. The summed E-state index contributed by atoms with van der Waals surface area (Å²) in [4.78, 5) is 12.8. The first-order valence-corrected chi connectivity index (χ1v) is 13.2. The van der Waals surface area contributed by atoms with Crippen LogP contribution in [-0.4, -0.2) is 44.9 Å². The van der Waals surface area contributed by atoms with Gasteiger partial charge >= 0.3 is 0 Å². The third-order valence-electron chi connectivity index (χ3n) is 5.69. The predicted molar refractivity (Wildman–Crippen MR) is 129 cm³/mol. The first-order chi connectivity index (χ1) is 15.8. The number of piperidine rings is 1. The summed E-state index contributed by atoms with van der Waals surface area (Å²) in [5.41, 5.74) is 2.06. The molecule has 0 aromatic heterocycles. The largest absolute Gasteiger partial charge is 0.490 e. The fraction of sp³-hybridized carbons (Fsp3) is 0.480. The summed E-state index contributed by atoms with van der Waals surface area (Å²) in [6.45, 7) is 7.98. The van der Waals surface area contributed by atoms with Crippen molar-refractivity contribution in [2.24, 2.45) is 0 Å². The Bertz CT molecular complexity index is 1030. The number of rotatable bonds is 10. The molecule has 33 heavy (non-hydrogen) atoms. The summed E-state index contributed by atoms with van der Waals surface area (Å²) in [7, 11) is -3.33. The van der Waals surface area contributed by atoms with Crippen molar-refractivity contribution in [3.63, 3.8) is 0 Å². The average molecular weight is 475 g/mol. The molecular formula is C25H34N2O5S. The highest BCUT2D eigenvalue weighted by Gasteiger charge is 2.24. The van der Waals surface area contributed by atoms with Crippen molar-refractivity contribution < 1.29 is 22.7 Å². The summed E-state index contributed by atoms with van der Waals surface area (Å²) in [5, 5.41) is 2.99. The Morgan fingerprint density at radius 1 is 0.970 bits per heavy atom. The number of hydrogen-bond acceptors (Lipinski definition) is 5. The van der Waals surface area contributed by atoms with Gasteiger partial charge in [0.25, 0.3) is 5.91 Å². The normalized spacial score (nSPS) is 15.6. The van der Waals surface area contributed by atoms with E-state index in [0.717, 1.165) is 24.8 Å². The van der Waals surface area contributed by atoms with Gasteiger partial charge in [0.15, 0.2) is 11.5 Å². The molecule has 2 aromatic rings. The molecule has 1 saturated heterocycles. The molecule has 2 aromatic carbocycles. The van der Waals surface area contributed by atoms with Crippen LogP contribution >= 0.6 is 0 Å². The van der Waals surface area contributed by atoms with Gasteiger partial charge in [-0.15, -0.1) is 0 Å². The molecule has 0 saturated carbocycles. The molecule has 7 nitrogen and oxygen atoms in total. The number of sulfonamides is 1. The van der Waals surface area contributed by atoms with Gasteiger partial charge in [0, 0.05) is 18.7 Å². The molecule has 0 radical (unpaired) electrons. The molecular weight excluding hydrogens is 440 g/mol. The van der Waals surface area contributed by atoms with Crippen LogP contribution in [-0.2, 0) is 15.8 Å². The monoisotopic (exact) mass is 474 g/mol. The van der Waals surface area contributed by atoms with Crippen LogP contribution in [0.3, 0.4) is 0 Å². The van der Waals surface area contributed by atoms with Gasteiger partial charge in [-0.2, -0.15) is 0 Å². The Hall–Kier alpha value is -2.58. The van der Waals surface area contributed by atoms with Gasteiger partial charge in [0.05, 0.1) is 25.0 Å². The fourth-order valence-electron chi connectivity index (χ4n) is 3.90. The minimum atomic E-state index is -3.33. The quantitative estimate of drug-likeness (QED) is 0.555. The molecule has 1 aliphatic heterocycles. The Labute approximate surface area is 197 Å². The molecule has 1 heterocycles. The molecule has 0 spiro atoms. The lowest BCUT2D eigenvalue weighted by Gasteiger charge is -2.25. The van der Waals surface area contributed by atoms with E-state index in [9.17, 15) is 13.2 Å². The first-order valence-electron chi connectivity index (χ1n) is 11.6. The second kappa shape index (κ2) is 11.5. The third kappa shape index (κ3) is 6.71. The summed E-state index contributed by atoms with van der Waals surface area (Å²) < 4.78 is 38.1. The molecule has 180 valence electrons. The van der Waals surface area contributed by atoms with E-state index in [4.69, 9.17) is 9.47 Å². The number of ether oxygens (including phenoxy) is 2. The van der Waals surface area contributed by atoms with Crippen molar-refractivity contribution in [2.75, 3.05) is 26.3 Å². The Kier molecular flexibility index (Phi) is 8.74. The lowest BCUT2D eigenvalue weighted by atomic mass is 10.1. The van der Waals surface area contributed by atoms with Gasteiger partial charge in [0.2, 0.25) is 10.0 Å². The third-order valence-corrected chi connectivity index (χ3v) is 7.54. The van der Waals surface area contributed by atoms with Gasteiger partial charge < -0.3 is 14.8 Å². The Morgan fingerprint density at radius 3 is 2.24 bits per heavy atom. The SMILES string of the molecule is CCOc1ccc([C@@H](C)NC(=O)c2ccc(CS(=O)(=O)N3CCCCC3)cc2)cc1OCC. The highest BCUT2D eigenvalue weighted by molar-refractivity contribution is 7.88. The summed E-state index contributed by atoms with van der Waals surface area (Å²) in [6.07, 6.45) is 2.91. The highest BCUT2D eigenvalue weighted by atomic mass is 32.2. The van der Waals surface area contributed by atoms with Crippen LogP contribution in [0.4, 0.5) is 0 Å². The molecule has 1 atom stereocenters. The van der Waals surface area contributed by atoms with Gasteiger partial charge in [-0.25, -0.2) is 12.7 Å². The molecule has 1 amide bonds. The number of hydrogen-bond donors (Lipinski definition) is 1. The Balaban J connectivity index is 1.64. The van der Waals surface area contributed by atoms with E-state index in [1.54, 1.807) is 28.6 Å². The molecule has 1 N–H and O–H groups in total. The van der Waals surface area contributed by atoms with E-state index < -0.39 is 10.0 Å². The number of carbonyl (C=O) groups excluding carboxylic acids is 1. The number of carbonyl (C=O) groups is 1. The topological polar surface area (TPSA) is 84.9 Å². The second-order valence-corrected chi connectivity index (χ2v) is 10.1. The van der Waals surface area contributed by atoms with Gasteiger partial charge in [-0.1, -0.05) is 24.6 Å². The van der Waals surface area contributed by atoms with Gasteiger partial charge in [0.1, 0.15) is 0 Å². The maximum Gasteiger partial charge on any atom is 0.251 e. The minimum Gasteiger partial charge on any atom is -0.490 e. The van der Waals surface area contributed by atoms with Crippen molar-refractivity contribution in [3.05, 3.63) is 59.2 Å². The standard InChI is InChI=1S/C25H34N2O5S/c1-4-31-23-14-13-22(17-24(23)32-5-2)19(3)26-25(28)21-11-9-20(10-12-21)18-33(29,30)27-15-7-6-8-16-27/h9-14,17,19H,4-8,15-16,18H2,1-3H3,(H,26,28)/t19-/m1/s1. The number of benzene rings is 2. The minimum absolute atomic E-state index is 0.0440. The molecule has 8 heteroatoms. The molecule has 0 bridgehead atoms. The van der Waals surface area contributed by atoms with E-state index in [1.165, 1.54) is 0 Å². The van der Waals surface area contributed by atoms with Crippen molar-refractivity contribution >= 4 is 15.9 Å². The van der Waals surface area contributed by atoms with Crippen molar-refractivity contribution in [1.29, 1.82) is 0 Å². The maximum atomic E-state index is 12.8. The molecule has 0 aliphatic carbocycles. The van der Waals surface area contributed by atoms with Crippen LogP contribution in [0.2, 0.25) is 0 Å². The van der Waals surface area contributed by atoms with Crippen molar-refractivity contribution in [3.8, 4) is 11.5 Å². The number of nitrogens with one attached hydrogen (secondary N) is 1. The van der Waals surface area contributed by atoms with E-state index in [0.29, 0.717) is 48.9 Å². The summed E-state index contributed by atoms with van der Waals surface area (Å²) in [5.74, 6) is 1.06. The van der Waals surface area contributed by atoms with Crippen LogP contribution in [0.5, 0.6) is 11.5 Å². The number of amides is 1. The van der Waals surface area contributed by atoms with Crippen LogP contribution in [0.1, 0.15) is 67.6 Å². The maximum absolute atomic E-state index is 12.8. The fourth-order valence-corrected chi connectivity index (χ4v) is 5.51. The lowest BCUT2D eigenvalue weighted by molar-refractivity contribution is 0.0939. The molecule has 0 unspecified atom stereocenters. The van der Waals surface area contributed by atoms with Crippen LogP contribution in [0.15, 0.2) is 42.5 Å². The van der Waals surface area contributed by atoms with E-state index in [2.05, 4.69) is 5.32 Å².